The molecule has 2 atom stereocenters. The average Bonchev–Trinajstić information content (AvgIpc) is 2.78. The van der Waals surface area contributed by atoms with Gasteiger partial charge in [-0.1, -0.05) is 20.3 Å². The first-order valence-corrected chi connectivity index (χ1v) is 7.74. The first-order chi connectivity index (χ1) is 8.70. The van der Waals surface area contributed by atoms with Gasteiger partial charge in [0.1, 0.15) is 0 Å². The van der Waals surface area contributed by atoms with E-state index in [1.54, 1.807) is 0 Å². The van der Waals surface area contributed by atoms with Crippen molar-refractivity contribution in [1.82, 2.24) is 10.6 Å². The number of rotatable bonds is 4. The van der Waals surface area contributed by atoms with Crippen LogP contribution < -0.4 is 10.6 Å². The van der Waals surface area contributed by atoms with Crippen LogP contribution in [0.5, 0.6) is 0 Å². The molecule has 0 bridgehead atoms. The maximum Gasteiger partial charge on any atom is 0.223 e. The smallest absolute Gasteiger partial charge is 0.223 e. The Kier molecular flexibility index (Phi) is 5.04. The third-order valence-electron chi connectivity index (χ3n) is 4.76. The lowest BCUT2D eigenvalue weighted by atomic mass is 9.90. The first-order valence-electron chi connectivity index (χ1n) is 7.74. The molecule has 2 aliphatic rings. The highest BCUT2D eigenvalue weighted by Gasteiger charge is 2.31. The maximum absolute atomic E-state index is 12.2. The van der Waals surface area contributed by atoms with Crippen molar-refractivity contribution in [2.45, 2.75) is 70.9 Å². The summed E-state index contributed by atoms with van der Waals surface area (Å²) < 4.78 is 0. The summed E-state index contributed by atoms with van der Waals surface area (Å²) >= 11 is 0. The summed E-state index contributed by atoms with van der Waals surface area (Å²) in [5.41, 5.74) is 0. The Morgan fingerprint density at radius 2 is 1.72 bits per heavy atom. The van der Waals surface area contributed by atoms with E-state index in [1.165, 1.54) is 25.7 Å². The van der Waals surface area contributed by atoms with E-state index in [0.717, 1.165) is 25.8 Å². The molecule has 0 heterocycles. The van der Waals surface area contributed by atoms with E-state index in [9.17, 15) is 4.79 Å². The fourth-order valence-electron chi connectivity index (χ4n) is 3.57. The molecule has 2 fully saturated rings. The van der Waals surface area contributed by atoms with Gasteiger partial charge in [-0.25, -0.2) is 0 Å². The van der Waals surface area contributed by atoms with Crippen LogP contribution >= 0.6 is 0 Å². The van der Waals surface area contributed by atoms with Gasteiger partial charge in [-0.3, -0.25) is 4.79 Å². The van der Waals surface area contributed by atoms with Crippen molar-refractivity contribution in [2.24, 2.45) is 11.8 Å². The summed E-state index contributed by atoms with van der Waals surface area (Å²) in [5, 5.41) is 6.79. The molecule has 3 nitrogen and oxygen atoms in total. The summed E-state index contributed by atoms with van der Waals surface area (Å²) in [6.45, 7) is 5.44. The van der Waals surface area contributed by atoms with Gasteiger partial charge in [-0.05, 0) is 51.0 Å². The summed E-state index contributed by atoms with van der Waals surface area (Å²) in [4.78, 5) is 12.2. The normalized spacial score (nSPS) is 36.6. The van der Waals surface area contributed by atoms with E-state index in [4.69, 9.17) is 0 Å². The van der Waals surface area contributed by atoms with E-state index >= 15 is 0 Å². The van der Waals surface area contributed by atoms with Crippen LogP contribution in [0.2, 0.25) is 0 Å². The second-order valence-corrected chi connectivity index (χ2v) is 6.13. The van der Waals surface area contributed by atoms with Crippen molar-refractivity contribution in [3.63, 3.8) is 0 Å². The standard InChI is InChI=1S/C15H28N2O/c1-3-16-12-7-9-13(10-8-12)17-15(18)14-6-4-5-11(14)2/h11-14,16H,3-10H2,1-2H3,(H,17,18). The first kappa shape index (κ1) is 13.9. The van der Waals surface area contributed by atoms with Crippen molar-refractivity contribution >= 4 is 5.91 Å². The van der Waals surface area contributed by atoms with E-state index in [1.807, 2.05) is 0 Å². The van der Waals surface area contributed by atoms with Crippen LogP contribution in [0.1, 0.15) is 58.8 Å². The molecular formula is C15H28N2O. The Labute approximate surface area is 111 Å². The van der Waals surface area contributed by atoms with Crippen molar-refractivity contribution in [3.05, 3.63) is 0 Å². The number of carbonyl (C=O) groups excluding carboxylic acids is 1. The highest BCUT2D eigenvalue weighted by atomic mass is 16.2. The molecule has 18 heavy (non-hydrogen) atoms. The molecule has 2 rings (SSSR count). The minimum absolute atomic E-state index is 0.288. The summed E-state index contributed by atoms with van der Waals surface area (Å²) in [6, 6.07) is 1.11. The van der Waals surface area contributed by atoms with Crippen LogP contribution in [-0.4, -0.2) is 24.5 Å². The molecule has 0 radical (unpaired) electrons. The number of hydrogen-bond donors (Lipinski definition) is 2. The molecule has 0 aromatic heterocycles. The zero-order valence-electron chi connectivity index (χ0n) is 11.9. The molecule has 0 aliphatic heterocycles. The van der Waals surface area contributed by atoms with Gasteiger partial charge in [-0.2, -0.15) is 0 Å². The van der Waals surface area contributed by atoms with Crippen LogP contribution in [0, 0.1) is 11.8 Å². The number of amides is 1. The van der Waals surface area contributed by atoms with Gasteiger partial charge in [0.25, 0.3) is 0 Å². The van der Waals surface area contributed by atoms with Gasteiger partial charge in [-0.15, -0.1) is 0 Å². The average molecular weight is 252 g/mol. The largest absolute Gasteiger partial charge is 0.353 e. The highest BCUT2D eigenvalue weighted by molar-refractivity contribution is 5.79. The molecule has 0 spiro atoms. The Morgan fingerprint density at radius 1 is 1.06 bits per heavy atom. The van der Waals surface area contributed by atoms with E-state index in [-0.39, 0.29) is 5.92 Å². The van der Waals surface area contributed by atoms with Crippen molar-refractivity contribution < 1.29 is 4.79 Å². The fraction of sp³-hybridized carbons (Fsp3) is 0.933. The van der Waals surface area contributed by atoms with E-state index < -0.39 is 0 Å². The van der Waals surface area contributed by atoms with Gasteiger partial charge in [0.15, 0.2) is 0 Å². The lowest BCUT2D eigenvalue weighted by Crippen LogP contribution is -2.44. The zero-order valence-corrected chi connectivity index (χ0v) is 11.9. The Bertz CT molecular complexity index is 272. The number of hydrogen-bond acceptors (Lipinski definition) is 2. The third kappa shape index (κ3) is 3.47. The monoisotopic (exact) mass is 252 g/mol. The Hall–Kier alpha value is -0.570. The maximum atomic E-state index is 12.2. The van der Waals surface area contributed by atoms with Crippen molar-refractivity contribution in [2.75, 3.05) is 6.54 Å². The minimum atomic E-state index is 0.288. The van der Waals surface area contributed by atoms with Crippen LogP contribution in [0.3, 0.4) is 0 Å². The molecule has 0 saturated heterocycles. The fourth-order valence-corrected chi connectivity index (χ4v) is 3.57. The van der Waals surface area contributed by atoms with Crippen LogP contribution in [0.4, 0.5) is 0 Å². The van der Waals surface area contributed by atoms with E-state index in [2.05, 4.69) is 24.5 Å². The summed E-state index contributed by atoms with van der Waals surface area (Å²) in [6.07, 6.45) is 8.25. The third-order valence-corrected chi connectivity index (χ3v) is 4.76. The van der Waals surface area contributed by atoms with Crippen LogP contribution in [0.15, 0.2) is 0 Å². The van der Waals surface area contributed by atoms with Gasteiger partial charge < -0.3 is 10.6 Å². The van der Waals surface area contributed by atoms with Gasteiger partial charge >= 0.3 is 0 Å². The van der Waals surface area contributed by atoms with Crippen LogP contribution in [0.25, 0.3) is 0 Å². The van der Waals surface area contributed by atoms with Gasteiger partial charge in [0.05, 0.1) is 0 Å². The van der Waals surface area contributed by atoms with Gasteiger partial charge in [0, 0.05) is 18.0 Å². The second kappa shape index (κ2) is 6.55. The lowest BCUT2D eigenvalue weighted by Gasteiger charge is -2.30. The zero-order chi connectivity index (χ0) is 13.0. The molecular weight excluding hydrogens is 224 g/mol. The van der Waals surface area contributed by atoms with Crippen molar-refractivity contribution in [1.29, 1.82) is 0 Å². The quantitative estimate of drug-likeness (QED) is 0.807. The molecule has 2 saturated carbocycles. The predicted molar refractivity (Wildman–Crippen MR) is 74.4 cm³/mol. The van der Waals surface area contributed by atoms with Gasteiger partial charge in [0.2, 0.25) is 5.91 Å². The molecule has 3 heteroatoms. The molecule has 2 aliphatic carbocycles. The van der Waals surface area contributed by atoms with Crippen LogP contribution in [-0.2, 0) is 4.79 Å². The van der Waals surface area contributed by atoms with E-state index in [0.29, 0.717) is 23.9 Å². The molecule has 2 unspecified atom stereocenters. The highest BCUT2D eigenvalue weighted by Crippen LogP contribution is 2.31. The molecule has 0 aromatic carbocycles. The SMILES string of the molecule is CCNC1CCC(NC(=O)C2CCCC2C)CC1. The summed E-state index contributed by atoms with van der Waals surface area (Å²) in [5.74, 6) is 1.20. The topological polar surface area (TPSA) is 41.1 Å². The Balaban J connectivity index is 1.72. The summed E-state index contributed by atoms with van der Waals surface area (Å²) in [7, 11) is 0. The lowest BCUT2D eigenvalue weighted by molar-refractivity contribution is -0.126. The number of carbonyl (C=O) groups is 1. The number of nitrogens with one attached hydrogen (secondary N) is 2. The van der Waals surface area contributed by atoms with Crippen molar-refractivity contribution in [3.8, 4) is 0 Å². The molecule has 1 amide bonds. The molecule has 104 valence electrons. The molecule has 2 N–H and O–H groups in total. The predicted octanol–water partition coefficient (Wildman–Crippen LogP) is 2.46. The second-order valence-electron chi connectivity index (χ2n) is 6.13. The Morgan fingerprint density at radius 3 is 2.28 bits per heavy atom. The minimum Gasteiger partial charge on any atom is -0.353 e. The molecule has 0 aromatic rings.